The molecule has 1 saturated heterocycles. The molecule has 1 aliphatic heterocycles. The summed E-state index contributed by atoms with van der Waals surface area (Å²) < 4.78 is 26.6. The van der Waals surface area contributed by atoms with Gasteiger partial charge in [0.15, 0.2) is 11.5 Å². The molecule has 0 bridgehead atoms. The van der Waals surface area contributed by atoms with Crippen LogP contribution in [-0.2, 0) is 15.4 Å². The van der Waals surface area contributed by atoms with Crippen LogP contribution in [0.1, 0.15) is 26.6 Å². The monoisotopic (exact) mass is 338 g/mol. The Hall–Kier alpha value is -1.74. The quantitative estimate of drug-likeness (QED) is 0.868. The van der Waals surface area contributed by atoms with E-state index in [4.69, 9.17) is 0 Å². The summed E-state index contributed by atoms with van der Waals surface area (Å²) in [6.07, 6.45) is 1.18. The van der Waals surface area contributed by atoms with E-state index in [-0.39, 0.29) is 5.41 Å². The molecule has 126 valence electrons. The van der Waals surface area contributed by atoms with Crippen molar-refractivity contribution in [1.29, 1.82) is 0 Å². The summed E-state index contributed by atoms with van der Waals surface area (Å²) in [5, 5.41) is 13.0. The number of nitrogens with zero attached hydrogens (tertiary/aromatic N) is 5. The zero-order chi connectivity index (χ0) is 16.8. The Morgan fingerprint density at radius 1 is 1.26 bits per heavy atom. The van der Waals surface area contributed by atoms with Crippen LogP contribution in [0.15, 0.2) is 12.1 Å². The molecular formula is C14H22N6O2S. The molecule has 0 unspecified atom stereocenters. The van der Waals surface area contributed by atoms with Crippen molar-refractivity contribution in [3.63, 3.8) is 0 Å². The normalized spacial score (nSPS) is 16.8. The fourth-order valence-electron chi connectivity index (χ4n) is 2.57. The number of anilines is 1. The van der Waals surface area contributed by atoms with Crippen LogP contribution >= 0.6 is 0 Å². The van der Waals surface area contributed by atoms with Crippen LogP contribution in [0.25, 0.3) is 5.65 Å². The van der Waals surface area contributed by atoms with Gasteiger partial charge in [0.05, 0.1) is 6.26 Å². The largest absolute Gasteiger partial charge is 0.354 e. The lowest BCUT2D eigenvalue weighted by atomic mass is 9.96. The third-order valence-electron chi connectivity index (χ3n) is 3.83. The summed E-state index contributed by atoms with van der Waals surface area (Å²) >= 11 is 0. The summed E-state index contributed by atoms with van der Waals surface area (Å²) in [6, 6.07) is 3.84. The van der Waals surface area contributed by atoms with Gasteiger partial charge in [-0.1, -0.05) is 20.8 Å². The first kappa shape index (κ1) is 16.1. The molecule has 0 saturated carbocycles. The third kappa shape index (κ3) is 3.45. The zero-order valence-electron chi connectivity index (χ0n) is 13.8. The van der Waals surface area contributed by atoms with Crippen molar-refractivity contribution in [3.05, 3.63) is 18.0 Å². The highest BCUT2D eigenvalue weighted by molar-refractivity contribution is 7.88. The number of rotatable bonds is 4. The minimum absolute atomic E-state index is 0.137. The van der Waals surface area contributed by atoms with E-state index in [1.54, 1.807) is 4.52 Å². The molecule has 0 aromatic carbocycles. The van der Waals surface area contributed by atoms with Gasteiger partial charge in [-0.05, 0) is 12.1 Å². The highest BCUT2D eigenvalue weighted by atomic mass is 32.2. The molecule has 0 radical (unpaired) electrons. The molecule has 2 aromatic heterocycles. The van der Waals surface area contributed by atoms with Crippen LogP contribution in [-0.4, -0.2) is 54.1 Å². The lowest BCUT2D eigenvalue weighted by Gasteiger charge is -2.40. The molecular weight excluding hydrogens is 316 g/mol. The molecule has 0 amide bonds. The number of hydrogen-bond acceptors (Lipinski definition) is 6. The van der Waals surface area contributed by atoms with Crippen LogP contribution in [0.2, 0.25) is 0 Å². The highest BCUT2D eigenvalue weighted by Crippen LogP contribution is 2.25. The van der Waals surface area contributed by atoms with Gasteiger partial charge in [0, 0.05) is 31.0 Å². The standard InChI is InChI=1S/C14H22N6O2S/c1-14(2,3)13-17-16-11-5-6-12(18-20(11)13)19-8-10(9-19)7-15-23(4,21)22/h5-6,10,15H,7-9H2,1-4H3. The molecule has 0 atom stereocenters. The summed E-state index contributed by atoms with van der Waals surface area (Å²) in [4.78, 5) is 2.13. The Kier molecular flexibility index (Phi) is 3.80. The molecule has 3 heterocycles. The Bertz CT molecular complexity index is 817. The summed E-state index contributed by atoms with van der Waals surface area (Å²) in [5.74, 6) is 1.99. The SMILES string of the molecule is CC(C)(C)c1nnc2ccc(N3CC(CNS(C)(=O)=O)C3)nn12. The van der Waals surface area contributed by atoms with Crippen molar-refractivity contribution in [2.45, 2.75) is 26.2 Å². The topological polar surface area (TPSA) is 92.5 Å². The molecule has 0 aliphatic carbocycles. The van der Waals surface area contributed by atoms with Crippen molar-refractivity contribution < 1.29 is 8.42 Å². The second-order valence-corrected chi connectivity index (χ2v) is 8.96. The lowest BCUT2D eigenvalue weighted by molar-refractivity contribution is 0.401. The third-order valence-corrected chi connectivity index (χ3v) is 4.53. The molecule has 23 heavy (non-hydrogen) atoms. The van der Waals surface area contributed by atoms with Crippen molar-refractivity contribution in [2.75, 3.05) is 30.8 Å². The van der Waals surface area contributed by atoms with Crippen LogP contribution < -0.4 is 9.62 Å². The molecule has 8 nitrogen and oxygen atoms in total. The van der Waals surface area contributed by atoms with Crippen molar-refractivity contribution in [2.24, 2.45) is 5.92 Å². The minimum Gasteiger partial charge on any atom is -0.354 e. The number of aromatic nitrogens is 4. The lowest BCUT2D eigenvalue weighted by Crippen LogP contribution is -2.51. The predicted molar refractivity (Wildman–Crippen MR) is 88.0 cm³/mol. The van der Waals surface area contributed by atoms with Crippen molar-refractivity contribution in [3.8, 4) is 0 Å². The van der Waals surface area contributed by atoms with Gasteiger partial charge < -0.3 is 4.90 Å². The predicted octanol–water partition coefficient (Wildman–Crippen LogP) is 0.407. The second-order valence-electron chi connectivity index (χ2n) is 7.13. The molecule has 2 aromatic rings. The van der Waals surface area contributed by atoms with Crippen molar-refractivity contribution in [1.82, 2.24) is 24.5 Å². The minimum atomic E-state index is -3.13. The summed E-state index contributed by atoms with van der Waals surface area (Å²) in [5.41, 5.74) is 0.594. The van der Waals surface area contributed by atoms with Gasteiger partial charge in [-0.3, -0.25) is 0 Å². The molecule has 3 rings (SSSR count). The maximum Gasteiger partial charge on any atom is 0.208 e. The summed E-state index contributed by atoms with van der Waals surface area (Å²) in [7, 11) is -3.13. The van der Waals surface area contributed by atoms with Crippen LogP contribution in [0.5, 0.6) is 0 Å². The Balaban J connectivity index is 1.73. The Morgan fingerprint density at radius 2 is 1.96 bits per heavy atom. The first-order chi connectivity index (χ1) is 10.6. The molecule has 1 fully saturated rings. The van der Waals surface area contributed by atoms with E-state index in [0.717, 1.165) is 30.4 Å². The maximum absolute atomic E-state index is 11.1. The Morgan fingerprint density at radius 3 is 2.57 bits per heavy atom. The van der Waals surface area contributed by atoms with E-state index in [2.05, 4.69) is 45.7 Å². The molecule has 1 aliphatic rings. The van der Waals surface area contributed by atoms with E-state index >= 15 is 0 Å². The smallest absolute Gasteiger partial charge is 0.208 e. The second kappa shape index (κ2) is 5.41. The van der Waals surface area contributed by atoms with E-state index in [0.29, 0.717) is 12.5 Å². The van der Waals surface area contributed by atoms with Gasteiger partial charge in [0.1, 0.15) is 5.82 Å². The van der Waals surface area contributed by atoms with Crippen molar-refractivity contribution >= 4 is 21.5 Å². The van der Waals surface area contributed by atoms with Gasteiger partial charge in [0.25, 0.3) is 0 Å². The zero-order valence-corrected chi connectivity index (χ0v) is 14.6. The highest BCUT2D eigenvalue weighted by Gasteiger charge is 2.29. The first-order valence-electron chi connectivity index (χ1n) is 7.56. The maximum atomic E-state index is 11.1. The molecule has 1 N–H and O–H groups in total. The summed E-state index contributed by atoms with van der Waals surface area (Å²) in [6.45, 7) is 8.27. The number of sulfonamides is 1. The number of nitrogens with one attached hydrogen (secondary N) is 1. The van der Waals surface area contributed by atoms with Crippen LogP contribution in [0, 0.1) is 5.92 Å². The van der Waals surface area contributed by atoms with Gasteiger partial charge in [-0.25, -0.2) is 13.1 Å². The number of fused-ring (bicyclic) bond motifs is 1. The van der Waals surface area contributed by atoms with Gasteiger partial charge in [0.2, 0.25) is 10.0 Å². The average molecular weight is 338 g/mol. The average Bonchev–Trinajstić information content (AvgIpc) is 2.78. The van der Waals surface area contributed by atoms with Gasteiger partial charge in [-0.2, -0.15) is 4.52 Å². The van der Waals surface area contributed by atoms with Gasteiger partial charge in [-0.15, -0.1) is 15.3 Å². The fourth-order valence-corrected chi connectivity index (χ4v) is 3.11. The van der Waals surface area contributed by atoms with E-state index in [1.807, 2.05) is 12.1 Å². The van der Waals surface area contributed by atoms with E-state index in [9.17, 15) is 8.42 Å². The van der Waals surface area contributed by atoms with E-state index < -0.39 is 10.0 Å². The Labute approximate surface area is 135 Å². The fraction of sp³-hybridized carbons (Fsp3) is 0.643. The van der Waals surface area contributed by atoms with Crippen LogP contribution in [0.4, 0.5) is 5.82 Å². The number of hydrogen-bond donors (Lipinski definition) is 1. The molecule has 0 spiro atoms. The van der Waals surface area contributed by atoms with Gasteiger partial charge >= 0.3 is 0 Å². The first-order valence-corrected chi connectivity index (χ1v) is 9.45. The molecule has 9 heteroatoms. The van der Waals surface area contributed by atoms with Crippen LogP contribution in [0.3, 0.4) is 0 Å². The van der Waals surface area contributed by atoms with E-state index in [1.165, 1.54) is 6.26 Å².